The number of pyridine rings is 2. The van der Waals surface area contributed by atoms with Crippen LogP contribution in [-0.4, -0.2) is 25.5 Å². The average Bonchev–Trinajstić information content (AvgIpc) is 2.86. The van der Waals surface area contributed by atoms with Crippen LogP contribution in [0.4, 0.5) is 0 Å². The lowest BCUT2D eigenvalue weighted by atomic mass is 10.2. The van der Waals surface area contributed by atoms with Crippen LogP contribution in [0.15, 0.2) is 58.3 Å². The molecule has 0 aliphatic carbocycles. The molecule has 8 heteroatoms. The van der Waals surface area contributed by atoms with Crippen molar-refractivity contribution in [3.63, 3.8) is 0 Å². The second-order valence-electron chi connectivity index (χ2n) is 5.34. The number of primary amides is 1. The molecule has 0 bridgehead atoms. The van der Waals surface area contributed by atoms with Crippen molar-refractivity contribution in [1.82, 2.24) is 14.5 Å². The van der Waals surface area contributed by atoms with Gasteiger partial charge in [0.1, 0.15) is 5.75 Å². The highest BCUT2D eigenvalue weighted by atomic mass is 32.2. The fourth-order valence-electron chi connectivity index (χ4n) is 2.54. The van der Waals surface area contributed by atoms with E-state index in [1.807, 2.05) is 17.0 Å². The fraction of sp³-hybridized carbons (Fsp3) is 0.188. The lowest BCUT2D eigenvalue weighted by molar-refractivity contribution is -0.114. The van der Waals surface area contributed by atoms with Crippen LogP contribution < -0.4 is 11.3 Å². The maximum atomic E-state index is 12.2. The minimum absolute atomic E-state index is 0.0975. The number of aromatic hydroxyl groups is 1. The first-order valence-electron chi connectivity index (χ1n) is 7.21. The molecule has 0 aromatic carbocycles. The van der Waals surface area contributed by atoms with Crippen LogP contribution >= 0.6 is 11.8 Å². The summed E-state index contributed by atoms with van der Waals surface area (Å²) in [6.45, 7) is 2.30. The smallest absolute Gasteiger partial charge is 0.257 e. The Kier molecular flexibility index (Phi) is 4.30. The van der Waals surface area contributed by atoms with Crippen molar-refractivity contribution < 1.29 is 9.90 Å². The van der Waals surface area contributed by atoms with E-state index in [4.69, 9.17) is 5.73 Å². The highest BCUT2D eigenvalue weighted by Gasteiger charge is 2.34. The summed E-state index contributed by atoms with van der Waals surface area (Å²) in [6, 6.07) is 6.32. The Morgan fingerprint density at radius 1 is 1.38 bits per heavy atom. The van der Waals surface area contributed by atoms with Gasteiger partial charge in [0.05, 0.1) is 4.91 Å². The van der Waals surface area contributed by atoms with Gasteiger partial charge in [-0.15, -0.1) is 0 Å². The van der Waals surface area contributed by atoms with E-state index in [0.717, 1.165) is 11.6 Å². The molecule has 3 heterocycles. The monoisotopic (exact) mass is 344 g/mol. The van der Waals surface area contributed by atoms with Crippen molar-refractivity contribution in [3.8, 4) is 5.75 Å². The second kappa shape index (κ2) is 6.40. The lowest BCUT2D eigenvalue weighted by Gasteiger charge is -2.28. The van der Waals surface area contributed by atoms with Gasteiger partial charge in [-0.05, 0) is 30.7 Å². The number of hydrogen-bond donors (Lipinski definition) is 2. The molecule has 0 radical (unpaired) electrons. The summed E-state index contributed by atoms with van der Waals surface area (Å²) in [5.41, 5.74) is 6.37. The highest BCUT2D eigenvalue weighted by molar-refractivity contribution is 8.04. The third-order valence-corrected chi connectivity index (χ3v) is 5.17. The second-order valence-corrected chi connectivity index (χ2v) is 6.40. The van der Waals surface area contributed by atoms with Gasteiger partial charge < -0.3 is 15.7 Å². The molecule has 3 rings (SSSR count). The Balaban J connectivity index is 2.01. The first kappa shape index (κ1) is 16.1. The maximum Gasteiger partial charge on any atom is 0.257 e. The Hall–Kier alpha value is -2.74. The van der Waals surface area contributed by atoms with E-state index in [0.29, 0.717) is 17.1 Å². The number of hydrogen-bond acceptors (Lipinski definition) is 6. The van der Waals surface area contributed by atoms with Crippen molar-refractivity contribution >= 4 is 17.7 Å². The van der Waals surface area contributed by atoms with Crippen molar-refractivity contribution in [3.05, 3.63) is 69.4 Å². The summed E-state index contributed by atoms with van der Waals surface area (Å²) in [5, 5.41) is 9.45. The maximum absolute atomic E-state index is 12.2. The normalized spacial score (nSPS) is 17.4. The van der Waals surface area contributed by atoms with E-state index in [1.54, 1.807) is 19.3 Å². The number of amides is 1. The zero-order valence-electron chi connectivity index (χ0n) is 12.9. The van der Waals surface area contributed by atoms with Gasteiger partial charge in [0.2, 0.25) is 0 Å². The van der Waals surface area contributed by atoms with E-state index >= 15 is 0 Å². The van der Waals surface area contributed by atoms with E-state index in [9.17, 15) is 14.7 Å². The first-order valence-corrected chi connectivity index (χ1v) is 8.09. The van der Waals surface area contributed by atoms with Gasteiger partial charge in [-0.2, -0.15) is 0 Å². The van der Waals surface area contributed by atoms with E-state index in [-0.39, 0.29) is 11.3 Å². The standard InChI is InChI=1S/C16H16N4O3S/c1-10-14(15(17)23)24-16(19-7-4-12(21)8-13(19)22)20(10)9-11-2-5-18-6-3-11/h2-8,16,21H,9H2,1H3,(H2,17,23). The van der Waals surface area contributed by atoms with Crippen molar-refractivity contribution in [2.24, 2.45) is 5.73 Å². The fourth-order valence-corrected chi connectivity index (χ4v) is 3.80. The zero-order chi connectivity index (χ0) is 17.3. The molecule has 0 spiro atoms. The first-order chi connectivity index (χ1) is 11.5. The predicted octanol–water partition coefficient (Wildman–Crippen LogP) is 1.37. The summed E-state index contributed by atoms with van der Waals surface area (Å²) in [4.78, 5) is 30.3. The SMILES string of the molecule is CC1=C(C(N)=O)SC(n2ccc(O)cc2=O)N1Cc1ccncc1. The van der Waals surface area contributed by atoms with Crippen LogP contribution in [0, 0.1) is 0 Å². The van der Waals surface area contributed by atoms with Gasteiger partial charge in [0, 0.05) is 36.9 Å². The molecule has 1 aliphatic heterocycles. The van der Waals surface area contributed by atoms with Crippen molar-refractivity contribution in [2.45, 2.75) is 19.0 Å². The summed E-state index contributed by atoms with van der Waals surface area (Å²) in [6.07, 6.45) is 4.88. The quantitative estimate of drug-likeness (QED) is 0.869. The van der Waals surface area contributed by atoms with Crippen LogP contribution in [0.1, 0.15) is 18.0 Å². The number of rotatable bonds is 4. The lowest BCUT2D eigenvalue weighted by Crippen LogP contribution is -2.31. The molecule has 0 fully saturated rings. The summed E-state index contributed by atoms with van der Waals surface area (Å²) >= 11 is 1.22. The molecule has 0 saturated carbocycles. The molecule has 124 valence electrons. The predicted molar refractivity (Wildman–Crippen MR) is 90.7 cm³/mol. The van der Waals surface area contributed by atoms with E-state index < -0.39 is 11.4 Å². The number of aromatic nitrogens is 2. The van der Waals surface area contributed by atoms with Gasteiger partial charge in [0.25, 0.3) is 11.5 Å². The van der Waals surface area contributed by atoms with Crippen molar-refractivity contribution in [1.29, 1.82) is 0 Å². The molecule has 3 N–H and O–H groups in total. The molecule has 1 atom stereocenters. The van der Waals surface area contributed by atoms with Crippen molar-refractivity contribution in [2.75, 3.05) is 0 Å². The Labute approximate surface area is 142 Å². The summed E-state index contributed by atoms with van der Waals surface area (Å²) in [5.74, 6) is -0.619. The molecule has 1 amide bonds. The largest absolute Gasteiger partial charge is 0.508 e. The zero-order valence-corrected chi connectivity index (χ0v) is 13.7. The third-order valence-electron chi connectivity index (χ3n) is 3.75. The Morgan fingerprint density at radius 3 is 2.71 bits per heavy atom. The number of nitrogens with two attached hydrogens (primary N) is 1. The molecule has 2 aromatic heterocycles. The average molecular weight is 344 g/mol. The number of thioether (sulfide) groups is 1. The van der Waals surface area contributed by atoms with E-state index in [2.05, 4.69) is 4.98 Å². The van der Waals surface area contributed by atoms with Crippen LogP contribution in [0.25, 0.3) is 0 Å². The molecule has 24 heavy (non-hydrogen) atoms. The van der Waals surface area contributed by atoms with Crippen LogP contribution in [-0.2, 0) is 11.3 Å². The van der Waals surface area contributed by atoms with Gasteiger partial charge >= 0.3 is 0 Å². The molecule has 1 unspecified atom stereocenters. The van der Waals surface area contributed by atoms with Crippen LogP contribution in [0.5, 0.6) is 5.75 Å². The minimum atomic E-state index is -0.522. The molecule has 0 saturated heterocycles. The number of carbonyl (C=O) groups is 1. The summed E-state index contributed by atoms with van der Waals surface area (Å²) < 4.78 is 1.46. The molecule has 7 nitrogen and oxygen atoms in total. The minimum Gasteiger partial charge on any atom is -0.508 e. The Morgan fingerprint density at radius 2 is 2.08 bits per heavy atom. The number of allylic oxidation sites excluding steroid dienone is 1. The van der Waals surface area contributed by atoms with Gasteiger partial charge in [0.15, 0.2) is 5.50 Å². The van der Waals surface area contributed by atoms with Gasteiger partial charge in [-0.25, -0.2) is 0 Å². The summed E-state index contributed by atoms with van der Waals surface area (Å²) in [7, 11) is 0. The van der Waals surface area contributed by atoms with Crippen LogP contribution in [0.2, 0.25) is 0 Å². The molecule has 1 aliphatic rings. The number of nitrogens with zero attached hydrogens (tertiary/aromatic N) is 3. The molecule has 2 aromatic rings. The van der Waals surface area contributed by atoms with Gasteiger partial charge in [-0.3, -0.25) is 19.1 Å². The number of carbonyl (C=O) groups excluding carboxylic acids is 1. The van der Waals surface area contributed by atoms with Gasteiger partial charge in [-0.1, -0.05) is 11.8 Å². The topological polar surface area (TPSA) is 101 Å². The molecular weight excluding hydrogens is 328 g/mol. The third kappa shape index (κ3) is 3.00. The van der Waals surface area contributed by atoms with E-state index in [1.165, 1.54) is 28.6 Å². The highest BCUT2D eigenvalue weighted by Crippen LogP contribution is 2.44. The van der Waals surface area contributed by atoms with Crippen LogP contribution in [0.3, 0.4) is 0 Å². The Bertz CT molecular complexity index is 863. The molecular formula is C16H16N4O3S.